The number of ether oxygens (including phenoxy) is 2. The van der Waals surface area contributed by atoms with Crippen molar-refractivity contribution in [2.75, 3.05) is 24.9 Å². The van der Waals surface area contributed by atoms with Gasteiger partial charge < -0.3 is 31.6 Å². The molecule has 4 rings (SSSR count). The number of carbonyl (C=O) groups is 1. The van der Waals surface area contributed by atoms with E-state index in [9.17, 15) is 4.79 Å². The van der Waals surface area contributed by atoms with E-state index in [1.54, 1.807) is 49.2 Å². The van der Waals surface area contributed by atoms with Gasteiger partial charge in [-0.15, -0.1) is 0 Å². The lowest BCUT2D eigenvalue weighted by Crippen LogP contribution is -2.43. The Hall–Kier alpha value is -3.53. The minimum absolute atomic E-state index is 0.0315. The Morgan fingerprint density at radius 2 is 1.87 bits per heavy atom. The second-order valence-corrected chi connectivity index (χ2v) is 7.57. The fourth-order valence-electron chi connectivity index (χ4n) is 3.92. The van der Waals surface area contributed by atoms with Crippen LogP contribution in [0.3, 0.4) is 0 Å². The van der Waals surface area contributed by atoms with Crippen LogP contribution in [0.25, 0.3) is 5.65 Å². The van der Waals surface area contributed by atoms with Crippen LogP contribution in [0.1, 0.15) is 36.0 Å². The fourth-order valence-corrected chi connectivity index (χ4v) is 3.92. The first-order chi connectivity index (χ1) is 15.0. The first-order valence-electron chi connectivity index (χ1n) is 10.2. The quantitative estimate of drug-likeness (QED) is 0.452. The van der Waals surface area contributed by atoms with Gasteiger partial charge in [-0.05, 0) is 12.8 Å². The van der Waals surface area contributed by atoms with Gasteiger partial charge in [0.15, 0.2) is 11.5 Å². The summed E-state index contributed by atoms with van der Waals surface area (Å²) in [4.78, 5) is 21.4. The third kappa shape index (κ3) is 4.19. The number of anilines is 3. The number of hydrogen-bond donors (Lipinski definition) is 4. The summed E-state index contributed by atoms with van der Waals surface area (Å²) < 4.78 is 12.4. The summed E-state index contributed by atoms with van der Waals surface area (Å²) in [7, 11) is 3.13. The molecule has 10 nitrogen and oxygen atoms in total. The number of fused-ring (bicyclic) bond motifs is 1. The number of nitrogens with one attached hydrogen (secondary N) is 2. The molecule has 1 aliphatic rings. The van der Waals surface area contributed by atoms with Crippen molar-refractivity contribution in [1.82, 2.24) is 14.4 Å². The molecule has 1 fully saturated rings. The molecule has 31 heavy (non-hydrogen) atoms. The second-order valence-electron chi connectivity index (χ2n) is 7.57. The number of carbonyl (C=O) groups excluding carboxylic acids is 1. The highest BCUT2D eigenvalue weighted by Crippen LogP contribution is 2.31. The molecule has 2 aromatic heterocycles. The van der Waals surface area contributed by atoms with Gasteiger partial charge in [-0.25, -0.2) is 4.98 Å². The van der Waals surface area contributed by atoms with Crippen LogP contribution >= 0.6 is 0 Å². The van der Waals surface area contributed by atoms with Crippen molar-refractivity contribution >= 4 is 29.0 Å². The van der Waals surface area contributed by atoms with Crippen LogP contribution in [0.5, 0.6) is 11.5 Å². The normalized spacial score (nSPS) is 18.5. The summed E-state index contributed by atoms with van der Waals surface area (Å²) in [5.41, 5.74) is 13.2. The topological polar surface area (TPSA) is 142 Å². The smallest absolute Gasteiger partial charge is 0.256 e. The highest BCUT2D eigenvalue weighted by atomic mass is 16.5. The van der Waals surface area contributed by atoms with Crippen LogP contribution < -0.4 is 31.6 Å². The average molecular weight is 425 g/mol. The third-order valence-electron chi connectivity index (χ3n) is 5.54. The maximum Gasteiger partial charge on any atom is 0.256 e. The van der Waals surface area contributed by atoms with Crippen molar-refractivity contribution in [2.45, 2.75) is 37.8 Å². The lowest BCUT2D eigenvalue weighted by molar-refractivity contribution is 0.100. The van der Waals surface area contributed by atoms with E-state index in [0.717, 1.165) is 25.7 Å². The van der Waals surface area contributed by atoms with Gasteiger partial charge in [0.1, 0.15) is 17.1 Å². The first kappa shape index (κ1) is 20.7. The van der Waals surface area contributed by atoms with Crippen molar-refractivity contribution in [1.29, 1.82) is 0 Å². The molecule has 0 spiro atoms. The number of methoxy groups -OCH3 is 2. The monoisotopic (exact) mass is 425 g/mol. The number of rotatable bonds is 7. The second kappa shape index (κ2) is 8.68. The van der Waals surface area contributed by atoms with Gasteiger partial charge >= 0.3 is 0 Å². The van der Waals surface area contributed by atoms with Crippen LogP contribution in [-0.4, -0.2) is 46.6 Å². The highest BCUT2D eigenvalue weighted by Gasteiger charge is 2.25. The van der Waals surface area contributed by atoms with Crippen molar-refractivity contribution in [3.05, 3.63) is 36.2 Å². The van der Waals surface area contributed by atoms with Crippen molar-refractivity contribution < 1.29 is 14.3 Å². The summed E-state index contributed by atoms with van der Waals surface area (Å²) in [6.45, 7) is 0. The van der Waals surface area contributed by atoms with Gasteiger partial charge in [0.25, 0.3) is 5.91 Å². The molecular formula is C21H27N7O3. The van der Waals surface area contributed by atoms with E-state index in [-0.39, 0.29) is 23.5 Å². The van der Waals surface area contributed by atoms with E-state index in [1.807, 2.05) is 0 Å². The standard InChI is InChI=1S/C21H27N7O3/c1-30-13-9-12(10-14(11-13)31-2)25-19-17(18(23)29)20-24-7-8-28(20)21(27-19)26-16-6-4-3-5-15(16)22/h7-11,15-16,25H,3-6,22H2,1-2H3,(H2,23,29)(H,26,27)/t15-,16-/m0/s1. The molecule has 10 heteroatoms. The van der Waals surface area contributed by atoms with Crippen molar-refractivity contribution in [2.24, 2.45) is 11.5 Å². The average Bonchev–Trinajstić information content (AvgIpc) is 3.24. The van der Waals surface area contributed by atoms with Gasteiger partial charge in [-0.3, -0.25) is 9.20 Å². The minimum Gasteiger partial charge on any atom is -0.497 e. The molecule has 2 atom stereocenters. The Morgan fingerprint density at radius 3 is 2.52 bits per heavy atom. The Kier molecular flexibility index (Phi) is 5.81. The Bertz CT molecular complexity index is 1080. The number of amides is 1. The van der Waals surface area contributed by atoms with Crippen molar-refractivity contribution in [3.63, 3.8) is 0 Å². The zero-order valence-corrected chi connectivity index (χ0v) is 17.6. The molecular weight excluding hydrogens is 398 g/mol. The summed E-state index contributed by atoms with van der Waals surface area (Å²) in [5.74, 6) is 1.37. The van der Waals surface area contributed by atoms with Gasteiger partial charge in [0.05, 0.1) is 14.2 Å². The molecule has 0 unspecified atom stereocenters. The van der Waals surface area contributed by atoms with Crippen LogP contribution in [0, 0.1) is 0 Å². The first-order valence-corrected chi connectivity index (χ1v) is 10.2. The number of primary amides is 1. The largest absolute Gasteiger partial charge is 0.497 e. The number of aromatic nitrogens is 3. The predicted octanol–water partition coefficient (Wildman–Crippen LogP) is 2.27. The van der Waals surface area contributed by atoms with E-state index >= 15 is 0 Å². The van der Waals surface area contributed by atoms with Crippen molar-refractivity contribution in [3.8, 4) is 11.5 Å². The summed E-state index contributed by atoms with van der Waals surface area (Å²) in [6, 6.07) is 5.41. The number of hydrogen-bond acceptors (Lipinski definition) is 8. The molecule has 1 aromatic carbocycles. The van der Waals surface area contributed by atoms with Gasteiger partial charge in [0.2, 0.25) is 5.95 Å². The molecule has 3 aromatic rings. The predicted molar refractivity (Wildman–Crippen MR) is 118 cm³/mol. The molecule has 2 heterocycles. The number of imidazole rings is 1. The van der Waals surface area contributed by atoms with Crippen LogP contribution in [0.15, 0.2) is 30.6 Å². The van der Waals surface area contributed by atoms with E-state index in [2.05, 4.69) is 15.6 Å². The van der Waals surface area contributed by atoms with Gasteiger partial charge in [-0.1, -0.05) is 12.8 Å². The minimum atomic E-state index is -0.637. The molecule has 1 amide bonds. The molecule has 0 aliphatic heterocycles. The molecule has 0 radical (unpaired) electrons. The van der Waals surface area contributed by atoms with Crippen LogP contribution in [0.4, 0.5) is 17.5 Å². The molecule has 0 bridgehead atoms. The number of nitrogens with two attached hydrogens (primary N) is 2. The zero-order chi connectivity index (χ0) is 22.0. The summed E-state index contributed by atoms with van der Waals surface area (Å²) >= 11 is 0. The van der Waals surface area contributed by atoms with E-state index in [1.165, 1.54) is 0 Å². The summed E-state index contributed by atoms with van der Waals surface area (Å²) in [6.07, 6.45) is 7.48. The maximum atomic E-state index is 12.3. The third-order valence-corrected chi connectivity index (χ3v) is 5.54. The van der Waals surface area contributed by atoms with Crippen LogP contribution in [0.2, 0.25) is 0 Å². The van der Waals surface area contributed by atoms with E-state index < -0.39 is 5.91 Å². The Balaban J connectivity index is 1.78. The van der Waals surface area contributed by atoms with E-state index in [4.69, 9.17) is 25.9 Å². The SMILES string of the molecule is COc1cc(Nc2nc(N[C@H]3CCCC[C@@H]3N)n3ccnc3c2C(N)=O)cc(OC)c1. The highest BCUT2D eigenvalue weighted by molar-refractivity contribution is 6.04. The molecule has 1 saturated carbocycles. The van der Waals surface area contributed by atoms with E-state index in [0.29, 0.717) is 28.8 Å². The molecule has 6 N–H and O–H groups in total. The maximum absolute atomic E-state index is 12.3. The Morgan fingerprint density at radius 1 is 1.16 bits per heavy atom. The summed E-state index contributed by atoms with van der Waals surface area (Å²) in [5, 5.41) is 6.62. The fraction of sp³-hybridized carbons (Fsp3) is 0.381. The molecule has 164 valence electrons. The van der Waals surface area contributed by atoms with Gasteiger partial charge in [0, 0.05) is 48.4 Å². The molecule has 0 saturated heterocycles. The van der Waals surface area contributed by atoms with Crippen LogP contribution in [-0.2, 0) is 0 Å². The van der Waals surface area contributed by atoms with Gasteiger partial charge in [-0.2, -0.15) is 4.98 Å². The molecule has 1 aliphatic carbocycles. The zero-order valence-electron chi connectivity index (χ0n) is 17.6. The lowest BCUT2D eigenvalue weighted by atomic mass is 9.91. The lowest BCUT2D eigenvalue weighted by Gasteiger charge is -2.30. The Labute approximate surface area is 179 Å². The number of benzene rings is 1. The number of nitrogens with zero attached hydrogens (tertiary/aromatic N) is 3.